The Morgan fingerprint density at radius 3 is 2.18 bits per heavy atom. The average Bonchev–Trinajstić information content (AvgIpc) is 2.68. The van der Waals surface area contributed by atoms with Crippen LogP contribution >= 0.6 is 15.9 Å². The third kappa shape index (κ3) is 1.61. The van der Waals surface area contributed by atoms with Crippen molar-refractivity contribution in [1.82, 2.24) is 0 Å². The van der Waals surface area contributed by atoms with E-state index in [1.165, 1.54) is 0 Å². The van der Waals surface area contributed by atoms with Crippen LogP contribution in [0.3, 0.4) is 0 Å². The molecule has 0 unspecified atom stereocenters. The summed E-state index contributed by atoms with van der Waals surface area (Å²) in [5.74, 6) is 0. The van der Waals surface area contributed by atoms with E-state index in [9.17, 15) is 8.42 Å². The Balaban J connectivity index is 2.87. The lowest BCUT2D eigenvalue weighted by atomic mass is 10.3. The molecule has 0 aromatic heterocycles. The second-order valence-corrected chi connectivity index (χ2v) is 7.06. The van der Waals surface area contributed by atoms with Gasteiger partial charge < -0.3 is 0 Å². The van der Waals surface area contributed by atoms with E-state index in [4.69, 9.17) is 0 Å². The molecule has 11 heavy (non-hydrogen) atoms. The number of hydrogen-bond acceptors (Lipinski definition) is 2. The normalized spacial score (nSPS) is 20.3. The van der Waals surface area contributed by atoms with Gasteiger partial charge in [-0.3, -0.25) is 0 Å². The molecule has 2 nitrogen and oxygen atoms in total. The standard InChI is InChI=1S/C7H13BrO2S/c1-7(2,5-8)11(9,10)6-3-4-6/h6H,3-5H2,1-2H3. The van der Waals surface area contributed by atoms with Crippen molar-refractivity contribution in [1.29, 1.82) is 0 Å². The van der Waals surface area contributed by atoms with Gasteiger partial charge in [-0.2, -0.15) is 0 Å². The van der Waals surface area contributed by atoms with Crippen LogP contribution in [0.5, 0.6) is 0 Å². The van der Waals surface area contributed by atoms with E-state index >= 15 is 0 Å². The van der Waals surface area contributed by atoms with Crippen LogP contribution in [-0.4, -0.2) is 23.7 Å². The van der Waals surface area contributed by atoms with E-state index in [-0.39, 0.29) is 5.25 Å². The average molecular weight is 241 g/mol. The Bertz CT molecular complexity index is 239. The summed E-state index contributed by atoms with van der Waals surface area (Å²) < 4.78 is 22.6. The molecule has 66 valence electrons. The number of rotatable bonds is 3. The van der Waals surface area contributed by atoms with Gasteiger partial charge in [0.05, 0.1) is 10.00 Å². The van der Waals surface area contributed by atoms with Crippen LogP contribution in [0.25, 0.3) is 0 Å². The summed E-state index contributed by atoms with van der Waals surface area (Å²) in [6.45, 7) is 3.55. The third-order valence-electron chi connectivity index (χ3n) is 2.06. The van der Waals surface area contributed by atoms with Crippen molar-refractivity contribution in [3.63, 3.8) is 0 Å². The molecule has 0 spiro atoms. The Morgan fingerprint density at radius 2 is 1.91 bits per heavy atom. The van der Waals surface area contributed by atoms with Crippen LogP contribution in [0.15, 0.2) is 0 Å². The minimum Gasteiger partial charge on any atom is -0.228 e. The predicted molar refractivity (Wildman–Crippen MR) is 49.8 cm³/mol. The molecule has 1 saturated carbocycles. The van der Waals surface area contributed by atoms with Gasteiger partial charge in [-0.05, 0) is 26.7 Å². The monoisotopic (exact) mass is 240 g/mol. The lowest BCUT2D eigenvalue weighted by Crippen LogP contribution is -2.36. The second-order valence-electron chi connectivity index (χ2n) is 3.64. The van der Waals surface area contributed by atoms with Gasteiger partial charge in [0.1, 0.15) is 0 Å². The quantitative estimate of drug-likeness (QED) is 0.705. The molecular formula is C7H13BrO2S. The number of hydrogen-bond donors (Lipinski definition) is 0. The lowest BCUT2D eigenvalue weighted by Gasteiger charge is -2.21. The van der Waals surface area contributed by atoms with Crippen molar-refractivity contribution in [2.24, 2.45) is 0 Å². The molecule has 0 aromatic rings. The lowest BCUT2D eigenvalue weighted by molar-refractivity contribution is 0.562. The molecule has 1 fully saturated rings. The van der Waals surface area contributed by atoms with Crippen molar-refractivity contribution >= 4 is 25.8 Å². The van der Waals surface area contributed by atoms with Crippen molar-refractivity contribution in [2.45, 2.75) is 36.7 Å². The molecule has 4 heteroatoms. The van der Waals surface area contributed by atoms with Crippen LogP contribution < -0.4 is 0 Å². The molecule has 0 aromatic carbocycles. The van der Waals surface area contributed by atoms with E-state index in [0.29, 0.717) is 5.33 Å². The Hall–Kier alpha value is 0.430. The van der Waals surface area contributed by atoms with Crippen molar-refractivity contribution < 1.29 is 8.42 Å². The van der Waals surface area contributed by atoms with Crippen LogP contribution in [0.2, 0.25) is 0 Å². The largest absolute Gasteiger partial charge is 0.228 e. The zero-order valence-electron chi connectivity index (χ0n) is 6.80. The van der Waals surface area contributed by atoms with Crippen molar-refractivity contribution in [3.8, 4) is 0 Å². The van der Waals surface area contributed by atoms with Gasteiger partial charge >= 0.3 is 0 Å². The molecule has 1 rings (SSSR count). The van der Waals surface area contributed by atoms with E-state index < -0.39 is 14.6 Å². The van der Waals surface area contributed by atoms with Gasteiger partial charge in [0, 0.05) is 5.33 Å². The second kappa shape index (κ2) is 2.73. The highest BCUT2D eigenvalue weighted by Crippen LogP contribution is 2.36. The molecule has 1 aliphatic carbocycles. The maximum Gasteiger partial charge on any atom is 0.159 e. The van der Waals surface area contributed by atoms with E-state index in [2.05, 4.69) is 15.9 Å². The summed E-state index contributed by atoms with van der Waals surface area (Å²) in [4.78, 5) is 0. The molecule has 0 atom stereocenters. The Morgan fingerprint density at radius 1 is 1.45 bits per heavy atom. The summed E-state index contributed by atoms with van der Waals surface area (Å²) >= 11 is 3.22. The van der Waals surface area contributed by atoms with Crippen LogP contribution in [0, 0.1) is 0 Å². The maximum absolute atomic E-state index is 11.6. The van der Waals surface area contributed by atoms with Gasteiger partial charge in [0.15, 0.2) is 9.84 Å². The molecule has 0 bridgehead atoms. The number of sulfone groups is 1. The van der Waals surface area contributed by atoms with E-state index in [1.54, 1.807) is 13.8 Å². The first-order chi connectivity index (χ1) is 4.92. The summed E-state index contributed by atoms with van der Waals surface area (Å²) in [5, 5.41) is 0.480. The first kappa shape index (κ1) is 9.52. The van der Waals surface area contributed by atoms with Gasteiger partial charge in [0.25, 0.3) is 0 Å². The Labute approximate surface area is 76.4 Å². The molecule has 0 heterocycles. The number of halogens is 1. The topological polar surface area (TPSA) is 34.1 Å². The molecule has 0 saturated heterocycles. The van der Waals surface area contributed by atoms with Gasteiger partial charge in [-0.1, -0.05) is 15.9 Å². The molecule has 0 amide bonds. The summed E-state index contributed by atoms with van der Waals surface area (Å²) in [6, 6.07) is 0. The van der Waals surface area contributed by atoms with Gasteiger partial charge in [-0.25, -0.2) is 8.42 Å². The number of alkyl halides is 1. The highest BCUT2D eigenvalue weighted by molar-refractivity contribution is 9.09. The summed E-state index contributed by atoms with van der Waals surface area (Å²) in [6.07, 6.45) is 1.72. The first-order valence-electron chi connectivity index (χ1n) is 3.71. The fourth-order valence-electron chi connectivity index (χ4n) is 0.906. The zero-order chi connectivity index (χ0) is 8.70. The smallest absolute Gasteiger partial charge is 0.159 e. The third-order valence-corrected chi connectivity index (χ3v) is 6.86. The van der Waals surface area contributed by atoms with Gasteiger partial charge in [0.2, 0.25) is 0 Å². The fraction of sp³-hybridized carbons (Fsp3) is 1.00. The maximum atomic E-state index is 11.6. The van der Waals surface area contributed by atoms with E-state index in [0.717, 1.165) is 12.8 Å². The van der Waals surface area contributed by atoms with Crippen LogP contribution in [0.1, 0.15) is 26.7 Å². The first-order valence-corrected chi connectivity index (χ1v) is 6.38. The minimum absolute atomic E-state index is 0.0463. The molecular weight excluding hydrogens is 228 g/mol. The Kier molecular flexibility index (Phi) is 2.36. The molecule has 0 radical (unpaired) electrons. The minimum atomic E-state index is -2.86. The van der Waals surface area contributed by atoms with Gasteiger partial charge in [-0.15, -0.1) is 0 Å². The van der Waals surface area contributed by atoms with Crippen LogP contribution in [0.4, 0.5) is 0 Å². The molecule has 1 aliphatic rings. The van der Waals surface area contributed by atoms with Crippen molar-refractivity contribution in [2.75, 3.05) is 5.33 Å². The highest BCUT2D eigenvalue weighted by Gasteiger charge is 2.45. The predicted octanol–water partition coefficient (Wildman–Crippen LogP) is 1.74. The fourth-order valence-corrected chi connectivity index (χ4v) is 3.67. The molecule has 0 N–H and O–H groups in total. The zero-order valence-corrected chi connectivity index (χ0v) is 9.20. The molecule has 0 aliphatic heterocycles. The van der Waals surface area contributed by atoms with Crippen LogP contribution in [-0.2, 0) is 9.84 Å². The SMILES string of the molecule is CC(C)(CBr)S(=O)(=O)C1CC1. The highest BCUT2D eigenvalue weighted by atomic mass is 79.9. The van der Waals surface area contributed by atoms with E-state index in [1.807, 2.05) is 0 Å². The summed E-state index contributed by atoms with van der Waals surface area (Å²) in [5.41, 5.74) is 0. The van der Waals surface area contributed by atoms with Crippen molar-refractivity contribution in [3.05, 3.63) is 0 Å². The summed E-state index contributed by atoms with van der Waals surface area (Å²) in [7, 11) is -2.86.